The molecule has 0 aliphatic carbocycles. The van der Waals surface area contributed by atoms with Crippen molar-refractivity contribution in [3.05, 3.63) is 51.5 Å². The minimum absolute atomic E-state index is 0.0301. The number of carbonyl (C=O) groups excluding carboxylic acids is 2. The van der Waals surface area contributed by atoms with Gasteiger partial charge in [0, 0.05) is 26.2 Å². The molecule has 1 aromatic heterocycles. The Labute approximate surface area is 158 Å². The van der Waals surface area contributed by atoms with Gasteiger partial charge < -0.3 is 9.80 Å². The van der Waals surface area contributed by atoms with Crippen LogP contribution in [0.15, 0.2) is 30.3 Å². The quantitative estimate of drug-likeness (QED) is 0.833. The van der Waals surface area contributed by atoms with Crippen LogP contribution in [-0.2, 0) is 10.2 Å². The molecule has 0 saturated carbocycles. The number of nitrogens with zero attached hydrogens (tertiary/aromatic N) is 3. The summed E-state index contributed by atoms with van der Waals surface area (Å²) in [5, 5.41) is 0.907. The SMILES string of the molecule is Cc1nc(C)c(C(=O)N2CCN(C(=O)C(C)(C)c3ccccc3)CC2)s1. The molecule has 26 heavy (non-hydrogen) atoms. The standard InChI is InChI=1S/C20H25N3O2S/c1-14-17(26-15(2)21-14)18(24)22-10-12-23(13-11-22)19(25)20(3,4)16-8-6-5-7-9-16/h5-9H,10-13H2,1-4H3. The third-order valence-electron chi connectivity index (χ3n) is 4.98. The molecule has 2 amide bonds. The molecule has 0 atom stereocenters. The van der Waals surface area contributed by atoms with E-state index in [1.165, 1.54) is 11.3 Å². The number of carbonyl (C=O) groups is 2. The number of benzene rings is 1. The van der Waals surface area contributed by atoms with E-state index in [1.54, 1.807) is 0 Å². The molecule has 1 fully saturated rings. The van der Waals surface area contributed by atoms with Crippen molar-refractivity contribution in [2.45, 2.75) is 33.1 Å². The monoisotopic (exact) mass is 371 g/mol. The van der Waals surface area contributed by atoms with Crippen LogP contribution in [0.5, 0.6) is 0 Å². The Bertz CT molecular complexity index is 806. The first-order valence-electron chi connectivity index (χ1n) is 8.89. The number of aryl methyl sites for hydroxylation is 2. The lowest BCUT2D eigenvalue weighted by atomic mass is 9.83. The summed E-state index contributed by atoms with van der Waals surface area (Å²) in [7, 11) is 0. The maximum atomic E-state index is 13.0. The van der Waals surface area contributed by atoms with Gasteiger partial charge in [-0.1, -0.05) is 30.3 Å². The van der Waals surface area contributed by atoms with Gasteiger partial charge in [0.2, 0.25) is 5.91 Å². The molecule has 1 aromatic carbocycles. The lowest BCUT2D eigenvalue weighted by Crippen LogP contribution is -2.54. The Hall–Kier alpha value is -2.21. The molecule has 6 heteroatoms. The average Bonchev–Trinajstić information content (AvgIpc) is 2.99. The highest BCUT2D eigenvalue weighted by Gasteiger charge is 2.36. The lowest BCUT2D eigenvalue weighted by Gasteiger charge is -2.38. The van der Waals surface area contributed by atoms with Crippen LogP contribution in [-0.4, -0.2) is 52.8 Å². The molecule has 1 aliphatic heterocycles. The summed E-state index contributed by atoms with van der Waals surface area (Å²) >= 11 is 1.44. The Morgan fingerprint density at radius 2 is 1.58 bits per heavy atom. The van der Waals surface area contributed by atoms with Crippen molar-refractivity contribution in [1.82, 2.24) is 14.8 Å². The summed E-state index contributed by atoms with van der Waals surface area (Å²) in [6.07, 6.45) is 0. The smallest absolute Gasteiger partial charge is 0.265 e. The fourth-order valence-corrected chi connectivity index (χ4v) is 4.25. The molecule has 0 bridgehead atoms. The number of piperazine rings is 1. The highest BCUT2D eigenvalue weighted by Crippen LogP contribution is 2.26. The molecular formula is C20H25N3O2S. The Morgan fingerprint density at radius 3 is 2.12 bits per heavy atom. The maximum absolute atomic E-state index is 13.0. The zero-order valence-electron chi connectivity index (χ0n) is 15.8. The van der Waals surface area contributed by atoms with E-state index in [0.717, 1.165) is 16.3 Å². The third kappa shape index (κ3) is 3.51. The second kappa shape index (κ2) is 7.19. The van der Waals surface area contributed by atoms with Gasteiger partial charge in [-0.15, -0.1) is 11.3 Å². The van der Waals surface area contributed by atoms with Crippen LogP contribution in [0.25, 0.3) is 0 Å². The van der Waals surface area contributed by atoms with E-state index in [4.69, 9.17) is 0 Å². The van der Waals surface area contributed by atoms with Gasteiger partial charge >= 0.3 is 0 Å². The van der Waals surface area contributed by atoms with Gasteiger partial charge in [0.05, 0.1) is 16.1 Å². The highest BCUT2D eigenvalue weighted by molar-refractivity contribution is 7.13. The largest absolute Gasteiger partial charge is 0.338 e. The zero-order chi connectivity index (χ0) is 18.9. The van der Waals surface area contributed by atoms with E-state index in [-0.39, 0.29) is 11.8 Å². The molecule has 1 saturated heterocycles. The first-order valence-corrected chi connectivity index (χ1v) is 9.70. The van der Waals surface area contributed by atoms with Gasteiger partial charge in [-0.3, -0.25) is 9.59 Å². The van der Waals surface area contributed by atoms with Crippen LogP contribution in [0, 0.1) is 13.8 Å². The Morgan fingerprint density at radius 1 is 1.00 bits per heavy atom. The molecule has 5 nitrogen and oxygen atoms in total. The van der Waals surface area contributed by atoms with E-state index in [1.807, 2.05) is 67.8 Å². The van der Waals surface area contributed by atoms with Gasteiger partial charge in [0.1, 0.15) is 4.88 Å². The molecule has 2 heterocycles. The fraction of sp³-hybridized carbons (Fsp3) is 0.450. The van der Waals surface area contributed by atoms with Crippen LogP contribution in [0.3, 0.4) is 0 Å². The lowest BCUT2D eigenvalue weighted by molar-refractivity contribution is -0.137. The van der Waals surface area contributed by atoms with Crippen molar-refractivity contribution in [1.29, 1.82) is 0 Å². The normalized spacial score (nSPS) is 15.2. The van der Waals surface area contributed by atoms with Crippen LogP contribution >= 0.6 is 11.3 Å². The Kier molecular flexibility index (Phi) is 5.14. The number of hydrogen-bond donors (Lipinski definition) is 0. The van der Waals surface area contributed by atoms with Crippen molar-refractivity contribution < 1.29 is 9.59 Å². The van der Waals surface area contributed by atoms with Crippen LogP contribution < -0.4 is 0 Å². The van der Waals surface area contributed by atoms with E-state index in [0.29, 0.717) is 31.1 Å². The molecule has 1 aliphatic rings. The summed E-state index contributed by atoms with van der Waals surface area (Å²) in [4.78, 5) is 34.5. The highest BCUT2D eigenvalue weighted by atomic mass is 32.1. The van der Waals surface area contributed by atoms with Crippen molar-refractivity contribution >= 4 is 23.2 Å². The van der Waals surface area contributed by atoms with Gasteiger partial charge in [-0.05, 0) is 33.3 Å². The predicted molar refractivity (Wildman–Crippen MR) is 104 cm³/mol. The molecule has 2 aromatic rings. The van der Waals surface area contributed by atoms with Crippen molar-refractivity contribution in [2.75, 3.05) is 26.2 Å². The van der Waals surface area contributed by atoms with Gasteiger partial charge in [0.15, 0.2) is 0 Å². The van der Waals surface area contributed by atoms with Gasteiger partial charge in [0.25, 0.3) is 5.91 Å². The number of aromatic nitrogens is 1. The summed E-state index contributed by atoms with van der Waals surface area (Å²) in [5.41, 5.74) is 1.24. The number of thiazole rings is 1. The summed E-state index contributed by atoms with van der Waals surface area (Å²) in [6, 6.07) is 9.86. The molecule has 0 spiro atoms. The average molecular weight is 372 g/mol. The minimum atomic E-state index is -0.571. The van der Waals surface area contributed by atoms with E-state index in [2.05, 4.69) is 4.98 Å². The molecule has 0 radical (unpaired) electrons. The summed E-state index contributed by atoms with van der Waals surface area (Å²) < 4.78 is 0. The fourth-order valence-electron chi connectivity index (χ4n) is 3.36. The first-order chi connectivity index (χ1) is 12.3. The van der Waals surface area contributed by atoms with Crippen molar-refractivity contribution in [3.63, 3.8) is 0 Å². The van der Waals surface area contributed by atoms with E-state index < -0.39 is 5.41 Å². The molecule has 138 valence electrons. The number of rotatable bonds is 3. The van der Waals surface area contributed by atoms with Crippen LogP contribution in [0.2, 0.25) is 0 Å². The zero-order valence-corrected chi connectivity index (χ0v) is 16.6. The Balaban J connectivity index is 1.66. The number of hydrogen-bond acceptors (Lipinski definition) is 4. The van der Waals surface area contributed by atoms with E-state index in [9.17, 15) is 9.59 Å². The van der Waals surface area contributed by atoms with Crippen LogP contribution in [0.4, 0.5) is 0 Å². The summed E-state index contributed by atoms with van der Waals surface area (Å²) in [6.45, 7) is 9.97. The summed E-state index contributed by atoms with van der Waals surface area (Å²) in [5.74, 6) is 0.142. The van der Waals surface area contributed by atoms with E-state index >= 15 is 0 Å². The van der Waals surface area contributed by atoms with Crippen molar-refractivity contribution in [3.8, 4) is 0 Å². The van der Waals surface area contributed by atoms with Crippen molar-refractivity contribution in [2.24, 2.45) is 0 Å². The molecule has 0 unspecified atom stereocenters. The maximum Gasteiger partial charge on any atom is 0.265 e. The molecule has 3 rings (SSSR count). The minimum Gasteiger partial charge on any atom is -0.338 e. The van der Waals surface area contributed by atoms with Crippen LogP contribution in [0.1, 0.15) is 39.8 Å². The topological polar surface area (TPSA) is 53.5 Å². The first kappa shape index (κ1) is 18.6. The third-order valence-corrected chi connectivity index (χ3v) is 6.04. The second-order valence-electron chi connectivity index (χ2n) is 7.22. The van der Waals surface area contributed by atoms with Gasteiger partial charge in [-0.2, -0.15) is 0 Å². The number of amides is 2. The molecule has 0 N–H and O–H groups in total. The second-order valence-corrected chi connectivity index (χ2v) is 8.43. The van der Waals surface area contributed by atoms with Gasteiger partial charge in [-0.25, -0.2) is 4.98 Å². The molecular weight excluding hydrogens is 346 g/mol. The predicted octanol–water partition coefficient (Wildman–Crippen LogP) is 3.02.